The Labute approximate surface area is 124 Å². The number of esters is 1. The Kier molecular flexibility index (Phi) is 5.11. The first kappa shape index (κ1) is 15.3. The quantitative estimate of drug-likeness (QED) is 0.826. The number of ether oxygens (including phenoxy) is 1. The highest BCUT2D eigenvalue weighted by molar-refractivity contribution is 5.73. The van der Waals surface area contributed by atoms with Crippen molar-refractivity contribution in [3.05, 3.63) is 53.9 Å². The van der Waals surface area contributed by atoms with Crippen LogP contribution in [0.25, 0.3) is 0 Å². The highest BCUT2D eigenvalue weighted by Crippen LogP contribution is 2.23. The maximum Gasteiger partial charge on any atom is 0.310 e. The van der Waals surface area contributed by atoms with Crippen molar-refractivity contribution in [3.8, 4) is 0 Å². The molecule has 1 heterocycles. The molecule has 2 unspecified atom stereocenters. The third-order valence-electron chi connectivity index (χ3n) is 3.52. The van der Waals surface area contributed by atoms with Crippen LogP contribution < -0.4 is 5.32 Å². The van der Waals surface area contributed by atoms with E-state index in [1.165, 1.54) is 7.11 Å². The molecule has 0 amide bonds. The Bertz CT molecular complexity index is 580. The van der Waals surface area contributed by atoms with E-state index in [4.69, 9.17) is 4.74 Å². The lowest BCUT2D eigenvalue weighted by molar-refractivity contribution is -0.145. The number of carbonyl (C=O) groups excluding carboxylic acids is 1. The fourth-order valence-corrected chi connectivity index (χ4v) is 2.36. The number of nitrogens with zero attached hydrogens (tertiary/aromatic N) is 2. The van der Waals surface area contributed by atoms with E-state index >= 15 is 0 Å². The van der Waals surface area contributed by atoms with Crippen LogP contribution in [-0.4, -0.2) is 22.9 Å². The van der Waals surface area contributed by atoms with Gasteiger partial charge in [-0.15, -0.1) is 0 Å². The predicted octanol–water partition coefficient (Wildman–Crippen LogP) is 2.06. The second-order valence-corrected chi connectivity index (χ2v) is 5.10. The summed E-state index contributed by atoms with van der Waals surface area (Å²) in [5, 5.41) is 7.57. The molecule has 0 saturated heterocycles. The Morgan fingerprint density at radius 1 is 1.38 bits per heavy atom. The lowest BCUT2D eigenvalue weighted by Gasteiger charge is -2.23. The molecule has 0 aliphatic carbocycles. The second kappa shape index (κ2) is 7.04. The molecule has 0 bridgehead atoms. The summed E-state index contributed by atoms with van der Waals surface area (Å²) in [5.41, 5.74) is 2.15. The van der Waals surface area contributed by atoms with Crippen molar-refractivity contribution >= 4 is 5.97 Å². The zero-order valence-electron chi connectivity index (χ0n) is 12.6. The number of aryl methyl sites for hydroxylation is 1. The van der Waals surface area contributed by atoms with Gasteiger partial charge in [-0.3, -0.25) is 9.48 Å². The van der Waals surface area contributed by atoms with Gasteiger partial charge in [-0.05, 0) is 5.56 Å². The van der Waals surface area contributed by atoms with Crippen LogP contribution in [-0.2, 0) is 23.1 Å². The van der Waals surface area contributed by atoms with Gasteiger partial charge in [0.15, 0.2) is 0 Å². The van der Waals surface area contributed by atoms with Crippen molar-refractivity contribution in [1.29, 1.82) is 0 Å². The lowest BCUT2D eigenvalue weighted by atomic mass is 9.94. The van der Waals surface area contributed by atoms with E-state index < -0.39 is 0 Å². The number of aromatic nitrogens is 2. The summed E-state index contributed by atoms with van der Waals surface area (Å²) in [6.45, 7) is 2.52. The average molecular weight is 287 g/mol. The Morgan fingerprint density at radius 2 is 2.10 bits per heavy atom. The van der Waals surface area contributed by atoms with Gasteiger partial charge in [0.25, 0.3) is 0 Å². The minimum Gasteiger partial charge on any atom is -0.469 e. The summed E-state index contributed by atoms with van der Waals surface area (Å²) < 4.78 is 6.64. The van der Waals surface area contributed by atoms with Crippen molar-refractivity contribution in [2.24, 2.45) is 13.0 Å². The van der Waals surface area contributed by atoms with Crippen LogP contribution in [0.3, 0.4) is 0 Å². The molecule has 0 saturated carbocycles. The van der Waals surface area contributed by atoms with Crippen LogP contribution in [0.5, 0.6) is 0 Å². The summed E-state index contributed by atoms with van der Waals surface area (Å²) in [5.74, 6) is -0.489. The molecule has 0 aliphatic rings. The highest BCUT2D eigenvalue weighted by atomic mass is 16.5. The molecule has 0 spiro atoms. The van der Waals surface area contributed by atoms with Crippen molar-refractivity contribution < 1.29 is 9.53 Å². The second-order valence-electron chi connectivity index (χ2n) is 5.10. The summed E-state index contributed by atoms with van der Waals surface area (Å²) in [7, 11) is 3.30. The lowest BCUT2D eigenvalue weighted by Crippen LogP contribution is -2.31. The molecule has 0 aliphatic heterocycles. The first-order chi connectivity index (χ1) is 10.1. The molecule has 1 aromatic heterocycles. The van der Waals surface area contributed by atoms with Gasteiger partial charge in [-0.2, -0.15) is 5.10 Å². The van der Waals surface area contributed by atoms with Gasteiger partial charge < -0.3 is 10.1 Å². The van der Waals surface area contributed by atoms with Gasteiger partial charge in [-0.25, -0.2) is 0 Å². The van der Waals surface area contributed by atoms with E-state index in [9.17, 15) is 4.79 Å². The first-order valence-corrected chi connectivity index (χ1v) is 6.95. The van der Waals surface area contributed by atoms with E-state index in [1.54, 1.807) is 4.68 Å². The van der Waals surface area contributed by atoms with E-state index in [2.05, 4.69) is 10.4 Å². The van der Waals surface area contributed by atoms with E-state index in [0.717, 1.165) is 11.1 Å². The number of rotatable bonds is 6. The van der Waals surface area contributed by atoms with Crippen molar-refractivity contribution in [2.75, 3.05) is 7.11 Å². The third kappa shape index (κ3) is 3.92. The van der Waals surface area contributed by atoms with Crippen LogP contribution in [0.4, 0.5) is 0 Å². The monoisotopic (exact) mass is 287 g/mol. The molecule has 2 aromatic rings. The van der Waals surface area contributed by atoms with Crippen molar-refractivity contribution in [3.63, 3.8) is 0 Å². The average Bonchev–Trinajstić information content (AvgIpc) is 2.93. The van der Waals surface area contributed by atoms with Crippen LogP contribution in [0.2, 0.25) is 0 Å². The molecule has 1 aromatic carbocycles. The van der Waals surface area contributed by atoms with Crippen molar-refractivity contribution in [2.45, 2.75) is 19.5 Å². The molecule has 112 valence electrons. The molecular formula is C16H21N3O2. The zero-order chi connectivity index (χ0) is 15.2. The summed E-state index contributed by atoms with van der Waals surface area (Å²) in [6, 6.07) is 9.83. The van der Waals surface area contributed by atoms with Crippen LogP contribution >= 0.6 is 0 Å². The number of benzene rings is 1. The number of hydrogen-bond acceptors (Lipinski definition) is 4. The first-order valence-electron chi connectivity index (χ1n) is 6.95. The summed E-state index contributed by atoms with van der Waals surface area (Å²) in [6.07, 6.45) is 3.77. The number of carbonyl (C=O) groups is 1. The van der Waals surface area contributed by atoms with E-state index in [-0.39, 0.29) is 17.9 Å². The standard InChI is InChI=1S/C16H21N3O2/c1-12(16(20)21-3)15(14-7-5-4-6-8-14)17-9-13-10-18-19(2)11-13/h4-8,10-12,15,17H,9H2,1-3H3. The fraction of sp³-hybridized carbons (Fsp3) is 0.375. The molecule has 2 rings (SSSR count). The van der Waals surface area contributed by atoms with E-state index in [0.29, 0.717) is 6.54 Å². The SMILES string of the molecule is COC(=O)C(C)C(NCc1cnn(C)c1)c1ccccc1. The highest BCUT2D eigenvalue weighted by Gasteiger charge is 2.25. The van der Waals surface area contributed by atoms with E-state index in [1.807, 2.05) is 56.7 Å². The molecule has 0 fully saturated rings. The minimum atomic E-state index is -0.269. The fourth-order valence-electron chi connectivity index (χ4n) is 2.36. The molecule has 21 heavy (non-hydrogen) atoms. The van der Waals surface area contributed by atoms with Crippen LogP contribution in [0.15, 0.2) is 42.7 Å². The van der Waals surface area contributed by atoms with Gasteiger partial charge in [0.2, 0.25) is 0 Å². The van der Waals surface area contributed by atoms with Crippen molar-refractivity contribution in [1.82, 2.24) is 15.1 Å². The maximum atomic E-state index is 11.9. The number of nitrogens with one attached hydrogen (secondary N) is 1. The Hall–Kier alpha value is -2.14. The normalized spacial score (nSPS) is 13.7. The number of methoxy groups -OCH3 is 1. The topological polar surface area (TPSA) is 56.1 Å². The molecule has 1 N–H and O–H groups in total. The van der Waals surface area contributed by atoms with Crippen LogP contribution in [0.1, 0.15) is 24.1 Å². The van der Waals surface area contributed by atoms with Gasteiger partial charge >= 0.3 is 5.97 Å². The smallest absolute Gasteiger partial charge is 0.310 e. The Balaban J connectivity index is 2.14. The van der Waals surface area contributed by atoms with Gasteiger partial charge in [-0.1, -0.05) is 37.3 Å². The molecule has 5 heteroatoms. The maximum absolute atomic E-state index is 11.9. The molecule has 5 nitrogen and oxygen atoms in total. The zero-order valence-corrected chi connectivity index (χ0v) is 12.6. The minimum absolute atomic E-state index is 0.0983. The largest absolute Gasteiger partial charge is 0.469 e. The molecule has 2 atom stereocenters. The molecular weight excluding hydrogens is 266 g/mol. The van der Waals surface area contributed by atoms with Gasteiger partial charge in [0, 0.05) is 31.4 Å². The van der Waals surface area contributed by atoms with Gasteiger partial charge in [0.05, 0.1) is 19.2 Å². The Morgan fingerprint density at radius 3 is 2.67 bits per heavy atom. The predicted molar refractivity (Wildman–Crippen MR) is 80.4 cm³/mol. The molecule has 0 radical (unpaired) electrons. The summed E-state index contributed by atoms with van der Waals surface area (Å²) in [4.78, 5) is 11.9. The summed E-state index contributed by atoms with van der Waals surface area (Å²) >= 11 is 0. The third-order valence-corrected chi connectivity index (χ3v) is 3.52. The van der Waals surface area contributed by atoms with Gasteiger partial charge in [0.1, 0.15) is 0 Å². The van der Waals surface area contributed by atoms with Crippen LogP contribution in [0, 0.1) is 5.92 Å². The number of hydrogen-bond donors (Lipinski definition) is 1.